The molecule has 3 amide bonds. The predicted molar refractivity (Wildman–Crippen MR) is 114 cm³/mol. The SMILES string of the molecule is CC(C)N(C(=O)COC(=O)c1cccc(CN2C(=O)c3ccccc3C2=O)c1)C(C)C. The lowest BCUT2D eigenvalue weighted by molar-refractivity contribution is -0.138. The van der Waals surface area contributed by atoms with Gasteiger partial charge in [0.05, 0.1) is 23.2 Å². The van der Waals surface area contributed by atoms with Crippen LogP contribution in [0.5, 0.6) is 0 Å². The maximum absolute atomic E-state index is 12.6. The lowest BCUT2D eigenvalue weighted by atomic mass is 10.1. The molecule has 0 spiro atoms. The van der Waals surface area contributed by atoms with Gasteiger partial charge >= 0.3 is 5.97 Å². The Hall–Kier alpha value is -3.48. The van der Waals surface area contributed by atoms with Crippen molar-refractivity contribution in [1.29, 1.82) is 0 Å². The van der Waals surface area contributed by atoms with Crippen molar-refractivity contribution in [3.8, 4) is 0 Å². The van der Waals surface area contributed by atoms with Gasteiger partial charge in [-0.15, -0.1) is 0 Å². The summed E-state index contributed by atoms with van der Waals surface area (Å²) in [6.07, 6.45) is 0. The van der Waals surface area contributed by atoms with Crippen LogP contribution in [0.25, 0.3) is 0 Å². The van der Waals surface area contributed by atoms with E-state index in [0.29, 0.717) is 16.7 Å². The Morgan fingerprint density at radius 1 is 0.903 bits per heavy atom. The van der Waals surface area contributed by atoms with Crippen molar-refractivity contribution in [2.45, 2.75) is 46.3 Å². The van der Waals surface area contributed by atoms with Gasteiger partial charge in [0.15, 0.2) is 6.61 Å². The second-order valence-electron chi connectivity index (χ2n) is 8.01. The Morgan fingerprint density at radius 3 is 2.03 bits per heavy atom. The summed E-state index contributed by atoms with van der Waals surface area (Å²) in [7, 11) is 0. The predicted octanol–water partition coefficient (Wildman–Crippen LogP) is 3.29. The molecule has 0 fully saturated rings. The van der Waals surface area contributed by atoms with Crippen LogP contribution in [0, 0.1) is 0 Å². The molecule has 2 aromatic rings. The van der Waals surface area contributed by atoms with Gasteiger partial charge in [0, 0.05) is 12.1 Å². The zero-order valence-corrected chi connectivity index (χ0v) is 18.1. The van der Waals surface area contributed by atoms with E-state index in [9.17, 15) is 19.2 Å². The molecule has 1 heterocycles. The molecule has 1 aliphatic rings. The van der Waals surface area contributed by atoms with Crippen molar-refractivity contribution in [2.75, 3.05) is 6.61 Å². The summed E-state index contributed by atoms with van der Waals surface area (Å²) in [6.45, 7) is 7.31. The third-order valence-corrected chi connectivity index (χ3v) is 5.11. The molecule has 2 aromatic carbocycles. The van der Waals surface area contributed by atoms with Gasteiger partial charge in [0.25, 0.3) is 17.7 Å². The van der Waals surface area contributed by atoms with Gasteiger partial charge in [0.2, 0.25) is 0 Å². The normalized spacial score (nSPS) is 13.0. The van der Waals surface area contributed by atoms with Crippen LogP contribution in [-0.2, 0) is 16.1 Å². The van der Waals surface area contributed by atoms with Gasteiger partial charge in [-0.3, -0.25) is 19.3 Å². The number of rotatable bonds is 7. The molecule has 31 heavy (non-hydrogen) atoms. The fourth-order valence-corrected chi connectivity index (χ4v) is 3.82. The molecule has 1 aliphatic heterocycles. The number of ether oxygens (including phenoxy) is 1. The number of hydrogen-bond acceptors (Lipinski definition) is 5. The topological polar surface area (TPSA) is 84.0 Å². The summed E-state index contributed by atoms with van der Waals surface area (Å²) in [6, 6.07) is 13.2. The third-order valence-electron chi connectivity index (χ3n) is 5.11. The Kier molecular flexibility index (Phi) is 6.53. The minimum Gasteiger partial charge on any atom is -0.452 e. The van der Waals surface area contributed by atoms with E-state index in [1.807, 2.05) is 27.7 Å². The van der Waals surface area contributed by atoms with E-state index in [1.54, 1.807) is 53.4 Å². The summed E-state index contributed by atoms with van der Waals surface area (Å²) in [5.41, 5.74) is 1.62. The average Bonchev–Trinajstić information content (AvgIpc) is 2.97. The Labute approximate surface area is 181 Å². The number of amides is 3. The number of nitrogens with zero attached hydrogens (tertiary/aromatic N) is 2. The fourth-order valence-electron chi connectivity index (χ4n) is 3.82. The first-order chi connectivity index (χ1) is 14.7. The van der Waals surface area contributed by atoms with E-state index in [2.05, 4.69) is 0 Å². The second kappa shape index (κ2) is 9.12. The van der Waals surface area contributed by atoms with Crippen LogP contribution in [0.15, 0.2) is 48.5 Å². The summed E-state index contributed by atoms with van der Waals surface area (Å²) in [5, 5.41) is 0. The van der Waals surface area contributed by atoms with Crippen molar-refractivity contribution in [3.63, 3.8) is 0 Å². The number of hydrogen-bond donors (Lipinski definition) is 0. The highest BCUT2D eigenvalue weighted by atomic mass is 16.5. The average molecular weight is 422 g/mol. The molecule has 0 aromatic heterocycles. The molecule has 0 N–H and O–H groups in total. The molecule has 3 rings (SSSR count). The van der Waals surface area contributed by atoms with Crippen molar-refractivity contribution < 1.29 is 23.9 Å². The highest BCUT2D eigenvalue weighted by Gasteiger charge is 2.35. The van der Waals surface area contributed by atoms with E-state index < -0.39 is 5.97 Å². The summed E-state index contributed by atoms with van der Waals surface area (Å²) >= 11 is 0. The van der Waals surface area contributed by atoms with E-state index in [0.717, 1.165) is 4.90 Å². The fraction of sp³-hybridized carbons (Fsp3) is 0.333. The highest BCUT2D eigenvalue weighted by molar-refractivity contribution is 6.21. The van der Waals surface area contributed by atoms with Crippen LogP contribution in [0.1, 0.15) is 64.3 Å². The number of carbonyl (C=O) groups excluding carboxylic acids is 4. The molecule has 0 unspecified atom stereocenters. The number of esters is 1. The lowest BCUT2D eigenvalue weighted by Crippen LogP contribution is -2.44. The monoisotopic (exact) mass is 422 g/mol. The Morgan fingerprint density at radius 2 is 1.48 bits per heavy atom. The molecular formula is C24H26N2O5. The summed E-state index contributed by atoms with van der Waals surface area (Å²) < 4.78 is 5.21. The maximum Gasteiger partial charge on any atom is 0.338 e. The van der Waals surface area contributed by atoms with Crippen molar-refractivity contribution in [1.82, 2.24) is 9.80 Å². The van der Waals surface area contributed by atoms with E-state index in [-0.39, 0.29) is 48.5 Å². The maximum atomic E-state index is 12.6. The number of fused-ring (bicyclic) bond motifs is 1. The summed E-state index contributed by atoms with van der Waals surface area (Å²) in [5.74, 6) is -1.62. The first-order valence-electron chi connectivity index (χ1n) is 10.2. The lowest BCUT2D eigenvalue weighted by Gasteiger charge is -2.30. The van der Waals surface area contributed by atoms with Gasteiger partial charge < -0.3 is 9.64 Å². The molecule has 0 radical (unpaired) electrons. The van der Waals surface area contributed by atoms with E-state index in [1.165, 1.54) is 0 Å². The van der Waals surface area contributed by atoms with Crippen LogP contribution in [-0.4, -0.2) is 52.2 Å². The minimum absolute atomic E-state index is 0.00538. The second-order valence-corrected chi connectivity index (χ2v) is 8.01. The molecule has 0 saturated heterocycles. The standard InChI is InChI=1S/C24H26N2O5/c1-15(2)26(16(3)4)21(27)14-31-24(30)18-9-7-8-17(12-18)13-25-22(28)19-10-5-6-11-20(19)23(25)29/h5-12,15-16H,13-14H2,1-4H3. The van der Waals surface area contributed by atoms with Crippen molar-refractivity contribution in [3.05, 3.63) is 70.8 Å². The van der Waals surface area contributed by atoms with Crippen LogP contribution >= 0.6 is 0 Å². The van der Waals surface area contributed by atoms with E-state index in [4.69, 9.17) is 4.74 Å². The van der Waals surface area contributed by atoms with Crippen molar-refractivity contribution >= 4 is 23.7 Å². The zero-order chi connectivity index (χ0) is 22.7. The van der Waals surface area contributed by atoms with Gasteiger partial charge in [-0.25, -0.2) is 4.79 Å². The minimum atomic E-state index is -0.634. The first-order valence-corrected chi connectivity index (χ1v) is 10.2. The number of benzene rings is 2. The molecule has 0 bridgehead atoms. The zero-order valence-electron chi connectivity index (χ0n) is 18.1. The third kappa shape index (κ3) is 4.66. The molecule has 0 atom stereocenters. The Balaban J connectivity index is 1.67. The number of carbonyl (C=O) groups is 4. The molecule has 7 nitrogen and oxygen atoms in total. The molecule has 7 heteroatoms. The van der Waals surface area contributed by atoms with Crippen molar-refractivity contribution in [2.24, 2.45) is 0 Å². The molecule has 162 valence electrons. The smallest absolute Gasteiger partial charge is 0.338 e. The van der Waals surface area contributed by atoms with Gasteiger partial charge in [-0.1, -0.05) is 24.3 Å². The van der Waals surface area contributed by atoms with E-state index >= 15 is 0 Å². The van der Waals surface area contributed by atoms with Gasteiger partial charge in [-0.05, 0) is 57.5 Å². The number of imide groups is 1. The molecule has 0 aliphatic carbocycles. The molecule has 0 saturated carbocycles. The first kappa shape index (κ1) is 22.2. The quantitative estimate of drug-likeness (QED) is 0.505. The summed E-state index contributed by atoms with van der Waals surface area (Å²) in [4.78, 5) is 52.8. The van der Waals surface area contributed by atoms with Crippen LogP contribution in [0.3, 0.4) is 0 Å². The van der Waals surface area contributed by atoms with Crippen LogP contribution in [0.2, 0.25) is 0 Å². The van der Waals surface area contributed by atoms with Crippen LogP contribution in [0.4, 0.5) is 0 Å². The highest BCUT2D eigenvalue weighted by Crippen LogP contribution is 2.24. The van der Waals surface area contributed by atoms with Gasteiger partial charge in [0.1, 0.15) is 0 Å². The Bertz CT molecular complexity index is 985. The van der Waals surface area contributed by atoms with Crippen LogP contribution < -0.4 is 0 Å². The largest absolute Gasteiger partial charge is 0.452 e. The van der Waals surface area contributed by atoms with Gasteiger partial charge in [-0.2, -0.15) is 0 Å². The molecular weight excluding hydrogens is 396 g/mol.